The van der Waals surface area contributed by atoms with E-state index < -0.39 is 17.5 Å². The predicted molar refractivity (Wildman–Crippen MR) is 98.8 cm³/mol. The highest BCUT2D eigenvalue weighted by Gasteiger charge is 2.30. The lowest BCUT2D eigenvalue weighted by molar-refractivity contribution is -0.137. The molecular weight excluding hydrogens is 419 g/mol. The van der Waals surface area contributed by atoms with E-state index in [4.69, 9.17) is 0 Å². The van der Waals surface area contributed by atoms with Gasteiger partial charge < -0.3 is 5.32 Å². The number of halogens is 5. The van der Waals surface area contributed by atoms with Crippen molar-refractivity contribution in [3.05, 3.63) is 51.7 Å². The number of likely N-dealkylation sites (tertiary alicyclic amines) is 1. The van der Waals surface area contributed by atoms with Gasteiger partial charge in [-0.2, -0.15) is 22.0 Å². The fourth-order valence-electron chi connectivity index (χ4n) is 3.05. The van der Waals surface area contributed by atoms with Crippen LogP contribution >= 0.6 is 23.1 Å². The molecule has 2 heterocycles. The maximum Gasteiger partial charge on any atom is 0.416 e. The van der Waals surface area contributed by atoms with Gasteiger partial charge in [-0.3, -0.25) is 9.69 Å². The number of nitrogens with one attached hydrogen (secondary N) is 1. The van der Waals surface area contributed by atoms with E-state index in [0.29, 0.717) is 37.8 Å². The molecule has 1 aromatic heterocycles. The van der Waals surface area contributed by atoms with Gasteiger partial charge in [-0.1, -0.05) is 23.9 Å². The number of nitrogens with zero attached hydrogens (tertiary/aromatic N) is 1. The molecule has 10 heteroatoms. The Morgan fingerprint density at radius 3 is 2.61 bits per heavy atom. The minimum absolute atomic E-state index is 0.131. The molecule has 1 aliphatic rings. The highest BCUT2D eigenvalue weighted by molar-refractivity contribution is 7.99. The second-order valence-corrected chi connectivity index (χ2v) is 8.33. The number of hydrogen-bond acceptors (Lipinski definition) is 4. The van der Waals surface area contributed by atoms with Gasteiger partial charge in [0.05, 0.1) is 5.56 Å². The van der Waals surface area contributed by atoms with Gasteiger partial charge >= 0.3 is 6.18 Å². The number of hydrogen-bond donors (Lipinski definition) is 1. The van der Waals surface area contributed by atoms with Crippen LogP contribution in [-0.4, -0.2) is 35.7 Å². The van der Waals surface area contributed by atoms with Crippen molar-refractivity contribution >= 4 is 29.0 Å². The standard InChI is InChI=1S/C18H17F5N2OS2/c19-17(20)28-14-6-8-27-15(14)16(26)24-13-5-7-25(10-13)9-11-1-3-12(4-2-11)18(21,22)23/h1-4,6,8,13,17H,5,7,9-10H2,(H,24,26). The van der Waals surface area contributed by atoms with Crippen molar-refractivity contribution in [2.45, 2.75) is 35.8 Å². The van der Waals surface area contributed by atoms with Crippen LogP contribution in [0.2, 0.25) is 0 Å². The van der Waals surface area contributed by atoms with Crippen molar-refractivity contribution in [3.8, 4) is 0 Å². The molecule has 0 radical (unpaired) electrons. The lowest BCUT2D eigenvalue weighted by atomic mass is 10.1. The van der Waals surface area contributed by atoms with Crippen molar-refractivity contribution in [1.82, 2.24) is 10.2 Å². The minimum atomic E-state index is -4.36. The first-order valence-electron chi connectivity index (χ1n) is 8.44. The third kappa shape index (κ3) is 5.45. The van der Waals surface area contributed by atoms with Crippen molar-refractivity contribution in [2.24, 2.45) is 0 Å². The Hall–Kier alpha value is -1.65. The Morgan fingerprint density at radius 2 is 1.96 bits per heavy atom. The molecule has 1 saturated heterocycles. The molecule has 1 atom stereocenters. The van der Waals surface area contributed by atoms with E-state index in [0.717, 1.165) is 29.0 Å². The second kappa shape index (κ2) is 8.79. The molecule has 0 saturated carbocycles. The molecule has 152 valence electrons. The number of carbonyl (C=O) groups excluding carboxylic acids is 1. The first kappa shape index (κ1) is 21.1. The molecular formula is C18H17F5N2OS2. The van der Waals surface area contributed by atoms with Crippen LogP contribution in [-0.2, 0) is 12.7 Å². The quantitative estimate of drug-likeness (QED) is 0.506. The fourth-order valence-corrected chi connectivity index (χ4v) is 4.66. The van der Waals surface area contributed by atoms with E-state index in [2.05, 4.69) is 5.32 Å². The zero-order chi connectivity index (χ0) is 20.3. The number of amides is 1. The monoisotopic (exact) mass is 436 g/mol. The largest absolute Gasteiger partial charge is 0.416 e. The first-order valence-corrected chi connectivity index (χ1v) is 10.2. The van der Waals surface area contributed by atoms with Crippen LogP contribution in [0.15, 0.2) is 40.6 Å². The summed E-state index contributed by atoms with van der Waals surface area (Å²) in [5, 5.41) is 4.46. The maximum absolute atomic E-state index is 12.6. The zero-order valence-electron chi connectivity index (χ0n) is 14.5. The molecule has 2 aromatic rings. The van der Waals surface area contributed by atoms with Gasteiger partial charge in [0, 0.05) is 30.6 Å². The normalized spacial score (nSPS) is 18.0. The number of carbonyl (C=O) groups is 1. The van der Waals surface area contributed by atoms with Crippen LogP contribution < -0.4 is 5.32 Å². The average Bonchev–Trinajstić information content (AvgIpc) is 3.23. The Balaban J connectivity index is 1.53. The van der Waals surface area contributed by atoms with E-state index in [9.17, 15) is 26.7 Å². The number of thiophene rings is 1. The second-order valence-electron chi connectivity index (χ2n) is 6.38. The van der Waals surface area contributed by atoms with Gasteiger partial charge in [0.15, 0.2) is 0 Å². The molecule has 0 bridgehead atoms. The zero-order valence-corrected chi connectivity index (χ0v) is 16.1. The molecule has 0 aliphatic carbocycles. The minimum Gasteiger partial charge on any atom is -0.347 e. The SMILES string of the molecule is O=C(NC1CCN(Cc2ccc(C(F)(F)F)cc2)C1)c1sccc1SC(F)F. The van der Waals surface area contributed by atoms with Gasteiger partial charge in [0.25, 0.3) is 11.7 Å². The Kier molecular flexibility index (Phi) is 6.61. The van der Waals surface area contributed by atoms with Gasteiger partial charge in [-0.15, -0.1) is 11.3 Å². The van der Waals surface area contributed by atoms with Crippen LogP contribution in [0.3, 0.4) is 0 Å². The third-order valence-electron chi connectivity index (χ3n) is 4.35. The summed E-state index contributed by atoms with van der Waals surface area (Å²) >= 11 is 1.47. The van der Waals surface area contributed by atoms with Crippen LogP contribution in [0.25, 0.3) is 0 Å². The van der Waals surface area contributed by atoms with E-state index in [1.165, 1.54) is 18.2 Å². The number of alkyl halides is 5. The number of thioether (sulfide) groups is 1. The summed E-state index contributed by atoms with van der Waals surface area (Å²) in [5.74, 6) is -2.97. The topological polar surface area (TPSA) is 32.3 Å². The molecule has 3 nitrogen and oxygen atoms in total. The van der Waals surface area contributed by atoms with Crippen LogP contribution in [0, 0.1) is 0 Å². The van der Waals surface area contributed by atoms with Crippen molar-refractivity contribution in [2.75, 3.05) is 13.1 Å². The van der Waals surface area contributed by atoms with E-state index in [1.54, 1.807) is 5.38 Å². The van der Waals surface area contributed by atoms with Crippen molar-refractivity contribution < 1.29 is 26.7 Å². The smallest absolute Gasteiger partial charge is 0.347 e. The van der Waals surface area contributed by atoms with Crippen LogP contribution in [0.4, 0.5) is 22.0 Å². The van der Waals surface area contributed by atoms with Gasteiger partial charge in [-0.05, 0) is 35.6 Å². The number of rotatable bonds is 6. The molecule has 1 amide bonds. The van der Waals surface area contributed by atoms with Crippen molar-refractivity contribution in [3.63, 3.8) is 0 Å². The highest BCUT2D eigenvalue weighted by Crippen LogP contribution is 2.32. The van der Waals surface area contributed by atoms with E-state index in [1.807, 2.05) is 4.90 Å². The Morgan fingerprint density at radius 1 is 1.25 bits per heavy atom. The maximum atomic E-state index is 12.6. The van der Waals surface area contributed by atoms with Gasteiger partial charge in [0.2, 0.25) is 0 Å². The lowest BCUT2D eigenvalue weighted by Gasteiger charge is -2.17. The van der Waals surface area contributed by atoms with Crippen LogP contribution in [0.1, 0.15) is 27.2 Å². The lowest BCUT2D eigenvalue weighted by Crippen LogP contribution is -2.36. The molecule has 1 unspecified atom stereocenters. The summed E-state index contributed by atoms with van der Waals surface area (Å²) in [6.07, 6.45) is -3.67. The molecule has 1 aromatic carbocycles. The van der Waals surface area contributed by atoms with E-state index in [-0.39, 0.29) is 21.7 Å². The van der Waals surface area contributed by atoms with Crippen molar-refractivity contribution in [1.29, 1.82) is 0 Å². The predicted octanol–water partition coefficient (Wildman–Crippen LogP) is 5.09. The molecule has 28 heavy (non-hydrogen) atoms. The molecule has 3 rings (SSSR count). The molecule has 0 spiro atoms. The summed E-state index contributed by atoms with van der Waals surface area (Å²) in [5.41, 5.74) is 0.0742. The summed E-state index contributed by atoms with van der Waals surface area (Å²) < 4.78 is 63.0. The highest BCUT2D eigenvalue weighted by atomic mass is 32.2. The molecule has 1 N–H and O–H groups in total. The average molecular weight is 436 g/mol. The molecule has 1 fully saturated rings. The summed E-state index contributed by atoms with van der Waals surface area (Å²) in [6.45, 7) is 1.72. The summed E-state index contributed by atoms with van der Waals surface area (Å²) in [6, 6.07) is 6.39. The number of benzene rings is 1. The fraction of sp³-hybridized carbons (Fsp3) is 0.389. The Labute approximate surface area is 166 Å². The molecule has 1 aliphatic heterocycles. The first-order chi connectivity index (χ1) is 13.2. The Bertz CT molecular complexity index is 807. The summed E-state index contributed by atoms with van der Waals surface area (Å²) in [4.78, 5) is 14.9. The third-order valence-corrected chi connectivity index (χ3v) is 6.16. The van der Waals surface area contributed by atoms with Gasteiger partial charge in [-0.25, -0.2) is 0 Å². The van der Waals surface area contributed by atoms with Gasteiger partial charge in [0.1, 0.15) is 4.88 Å². The van der Waals surface area contributed by atoms with E-state index >= 15 is 0 Å². The van der Waals surface area contributed by atoms with Crippen LogP contribution in [0.5, 0.6) is 0 Å². The summed E-state index contributed by atoms with van der Waals surface area (Å²) in [7, 11) is 0.